The predicted molar refractivity (Wildman–Crippen MR) is 97.6 cm³/mol. The maximum atomic E-state index is 14.8. The van der Waals surface area contributed by atoms with Crippen molar-refractivity contribution in [1.82, 2.24) is 9.55 Å². The molecule has 0 spiro atoms. The molecule has 0 aliphatic carbocycles. The van der Waals surface area contributed by atoms with E-state index < -0.39 is 41.9 Å². The average Bonchev–Trinajstić information content (AvgIpc) is 2.92. The Balaban J connectivity index is 1.84. The van der Waals surface area contributed by atoms with Gasteiger partial charge in [0, 0.05) is 18.7 Å². The lowest BCUT2D eigenvalue weighted by Gasteiger charge is -2.23. The molecule has 8 nitrogen and oxygen atoms in total. The van der Waals surface area contributed by atoms with Crippen molar-refractivity contribution in [2.45, 2.75) is 44.6 Å². The number of nitrogens with zero attached hydrogens (tertiary/aromatic N) is 2. The number of ether oxygens (including phenoxy) is 2. The van der Waals surface area contributed by atoms with E-state index in [2.05, 4.69) is 10.3 Å². The summed E-state index contributed by atoms with van der Waals surface area (Å²) in [5.74, 6) is -5.11. The molecule has 1 amide bonds. The van der Waals surface area contributed by atoms with Crippen molar-refractivity contribution >= 4 is 17.7 Å². The molecule has 3 rings (SSSR count). The van der Waals surface area contributed by atoms with Crippen LogP contribution in [0, 0.1) is 0 Å². The summed E-state index contributed by atoms with van der Waals surface area (Å²) in [6.07, 6.45) is -3.69. The molecule has 1 N–H and O–H groups in total. The van der Waals surface area contributed by atoms with E-state index in [0.717, 1.165) is 13.1 Å². The molecule has 0 radical (unpaired) electrons. The van der Waals surface area contributed by atoms with Crippen molar-refractivity contribution in [2.24, 2.45) is 0 Å². The molecular weight excluding hydrogens is 388 g/mol. The molecule has 29 heavy (non-hydrogen) atoms. The summed E-state index contributed by atoms with van der Waals surface area (Å²) in [6.45, 7) is 2.62. The van der Waals surface area contributed by atoms with Crippen LogP contribution >= 0.6 is 0 Å². The lowest BCUT2D eigenvalue weighted by atomic mass is 10.1. The third kappa shape index (κ3) is 4.16. The van der Waals surface area contributed by atoms with Crippen LogP contribution in [0.5, 0.6) is 0 Å². The van der Waals surface area contributed by atoms with E-state index in [1.165, 1.54) is 6.07 Å². The van der Waals surface area contributed by atoms with Gasteiger partial charge in [-0.25, -0.2) is 4.79 Å². The van der Waals surface area contributed by atoms with Crippen LogP contribution in [0.25, 0.3) is 0 Å². The summed E-state index contributed by atoms with van der Waals surface area (Å²) in [5, 5.41) is 2.43. The monoisotopic (exact) mass is 407 g/mol. The molecule has 2 aromatic rings. The van der Waals surface area contributed by atoms with Crippen molar-refractivity contribution < 1.29 is 27.8 Å². The molecule has 1 saturated heterocycles. The fourth-order valence-electron chi connectivity index (χ4n) is 3.05. The number of halogens is 2. The van der Waals surface area contributed by atoms with Gasteiger partial charge >= 0.3 is 17.6 Å². The molecule has 0 bridgehead atoms. The molecule has 0 saturated carbocycles. The Kier molecular flexibility index (Phi) is 5.73. The normalized spacial score (nSPS) is 22.8. The number of alkyl halides is 2. The third-order valence-electron chi connectivity index (χ3n) is 4.41. The molecule has 1 aliphatic rings. The first kappa shape index (κ1) is 20.6. The SMILES string of the molecule is CCC1OC(n2ccc(NC(=O)c3ccccc3)nc2=O)C(F)(F)C1OC(C)=O. The number of amides is 1. The van der Waals surface area contributed by atoms with Crippen LogP contribution in [0.4, 0.5) is 14.6 Å². The van der Waals surface area contributed by atoms with E-state index in [4.69, 9.17) is 9.47 Å². The van der Waals surface area contributed by atoms with Crippen molar-refractivity contribution in [3.05, 3.63) is 58.6 Å². The summed E-state index contributed by atoms with van der Waals surface area (Å²) in [5.41, 5.74) is -0.696. The van der Waals surface area contributed by atoms with Gasteiger partial charge in [-0.05, 0) is 24.6 Å². The highest BCUT2D eigenvalue weighted by atomic mass is 19.3. The second-order valence-electron chi connectivity index (χ2n) is 6.46. The summed E-state index contributed by atoms with van der Waals surface area (Å²) < 4.78 is 40.3. The minimum atomic E-state index is -3.65. The second-order valence-corrected chi connectivity index (χ2v) is 6.46. The van der Waals surface area contributed by atoms with Gasteiger partial charge in [-0.15, -0.1) is 0 Å². The first-order valence-corrected chi connectivity index (χ1v) is 8.90. The second kappa shape index (κ2) is 8.08. The maximum absolute atomic E-state index is 14.8. The molecule has 2 heterocycles. The van der Waals surface area contributed by atoms with Crippen molar-refractivity contribution in [2.75, 3.05) is 5.32 Å². The van der Waals surface area contributed by atoms with Gasteiger partial charge in [0.2, 0.25) is 6.23 Å². The van der Waals surface area contributed by atoms with Gasteiger partial charge in [-0.2, -0.15) is 13.8 Å². The molecule has 1 aromatic carbocycles. The van der Waals surface area contributed by atoms with Crippen LogP contribution < -0.4 is 11.0 Å². The van der Waals surface area contributed by atoms with Gasteiger partial charge in [-0.3, -0.25) is 14.2 Å². The predicted octanol–water partition coefficient (Wildman–Crippen LogP) is 2.37. The van der Waals surface area contributed by atoms with Crippen LogP contribution in [0.15, 0.2) is 47.4 Å². The molecule has 154 valence electrons. The Morgan fingerprint density at radius 3 is 2.55 bits per heavy atom. The van der Waals surface area contributed by atoms with Crippen molar-refractivity contribution in [3.63, 3.8) is 0 Å². The number of benzene rings is 1. The van der Waals surface area contributed by atoms with Crippen molar-refractivity contribution in [1.29, 1.82) is 0 Å². The zero-order chi connectivity index (χ0) is 21.2. The number of nitrogens with one attached hydrogen (secondary N) is 1. The largest absolute Gasteiger partial charge is 0.453 e. The van der Waals surface area contributed by atoms with E-state index >= 15 is 0 Å². The number of hydrogen-bond donors (Lipinski definition) is 1. The van der Waals surface area contributed by atoms with Crippen LogP contribution in [0.2, 0.25) is 0 Å². The van der Waals surface area contributed by atoms with Crippen LogP contribution in [-0.2, 0) is 14.3 Å². The fraction of sp³-hybridized carbons (Fsp3) is 0.368. The first-order valence-electron chi connectivity index (χ1n) is 8.90. The third-order valence-corrected chi connectivity index (χ3v) is 4.41. The number of anilines is 1. The lowest BCUT2D eigenvalue weighted by molar-refractivity contribution is -0.174. The maximum Gasteiger partial charge on any atom is 0.351 e. The lowest BCUT2D eigenvalue weighted by Crippen LogP contribution is -2.43. The average molecular weight is 407 g/mol. The number of rotatable bonds is 5. The minimum Gasteiger partial charge on any atom is -0.453 e. The highest BCUT2D eigenvalue weighted by Crippen LogP contribution is 2.44. The summed E-state index contributed by atoms with van der Waals surface area (Å²) in [7, 11) is 0. The topological polar surface area (TPSA) is 99.5 Å². The van der Waals surface area contributed by atoms with E-state index in [9.17, 15) is 23.2 Å². The molecule has 10 heteroatoms. The Morgan fingerprint density at radius 2 is 1.97 bits per heavy atom. The number of aromatic nitrogens is 2. The first-order chi connectivity index (χ1) is 13.7. The summed E-state index contributed by atoms with van der Waals surface area (Å²) in [6, 6.07) is 9.44. The van der Waals surface area contributed by atoms with Gasteiger partial charge in [-0.1, -0.05) is 25.1 Å². The molecule has 1 fully saturated rings. The Hall–Kier alpha value is -3.14. The molecule has 3 atom stereocenters. The Bertz CT molecular complexity index is 964. The Labute approximate surface area is 164 Å². The summed E-state index contributed by atoms with van der Waals surface area (Å²) in [4.78, 5) is 39.3. The van der Waals surface area contributed by atoms with Gasteiger partial charge in [0.15, 0.2) is 6.10 Å². The van der Waals surface area contributed by atoms with Crippen LogP contribution in [-0.4, -0.2) is 39.6 Å². The van der Waals surface area contributed by atoms with Gasteiger partial charge in [0.25, 0.3) is 5.91 Å². The Morgan fingerprint density at radius 1 is 1.28 bits per heavy atom. The molecular formula is C19H19F2N3O5. The van der Waals surface area contributed by atoms with Gasteiger partial charge < -0.3 is 14.8 Å². The van der Waals surface area contributed by atoms with Gasteiger partial charge in [0.1, 0.15) is 11.9 Å². The number of hydrogen-bond acceptors (Lipinski definition) is 6. The van der Waals surface area contributed by atoms with Crippen molar-refractivity contribution in [3.8, 4) is 0 Å². The zero-order valence-electron chi connectivity index (χ0n) is 15.7. The number of esters is 1. The summed E-state index contributed by atoms with van der Waals surface area (Å²) >= 11 is 0. The quantitative estimate of drug-likeness (QED) is 0.764. The zero-order valence-corrected chi connectivity index (χ0v) is 15.7. The van der Waals surface area contributed by atoms with Gasteiger partial charge in [0.05, 0.1) is 0 Å². The van der Waals surface area contributed by atoms with Crippen LogP contribution in [0.3, 0.4) is 0 Å². The van der Waals surface area contributed by atoms with E-state index in [1.807, 2.05) is 0 Å². The number of carbonyl (C=O) groups is 2. The van der Waals surface area contributed by atoms with E-state index in [-0.39, 0.29) is 12.2 Å². The highest BCUT2D eigenvalue weighted by Gasteiger charge is 2.61. The van der Waals surface area contributed by atoms with E-state index in [1.54, 1.807) is 37.3 Å². The minimum absolute atomic E-state index is 0.0926. The fourth-order valence-corrected chi connectivity index (χ4v) is 3.05. The van der Waals surface area contributed by atoms with Crippen LogP contribution in [0.1, 0.15) is 36.9 Å². The molecule has 3 unspecified atom stereocenters. The molecule has 1 aliphatic heterocycles. The number of carbonyl (C=O) groups excluding carboxylic acids is 2. The smallest absolute Gasteiger partial charge is 0.351 e. The highest BCUT2D eigenvalue weighted by molar-refractivity contribution is 6.03. The standard InChI is InChI=1S/C19H19F2N3O5/c1-3-13-15(28-11(2)25)19(20,21)17(29-13)24-10-9-14(23-18(24)27)22-16(26)12-7-5-4-6-8-12/h4-10,13,15,17H,3H2,1-2H3,(H,22,23,26,27). The molecule has 1 aromatic heterocycles. The van der Waals surface area contributed by atoms with E-state index in [0.29, 0.717) is 10.1 Å².